The average Bonchev–Trinajstić information content (AvgIpc) is 3.17. The van der Waals surface area contributed by atoms with Gasteiger partial charge in [-0.3, -0.25) is 0 Å². The van der Waals surface area contributed by atoms with E-state index in [-0.39, 0.29) is 5.15 Å². The molecule has 2 heterocycles. The van der Waals surface area contributed by atoms with Crippen molar-refractivity contribution in [2.45, 2.75) is 46.4 Å². The molecule has 4 aromatic rings. The summed E-state index contributed by atoms with van der Waals surface area (Å²) in [5, 5.41) is 0.255. The lowest BCUT2D eigenvalue weighted by atomic mass is 10.1. The Morgan fingerprint density at radius 3 is 1.89 bits per heavy atom. The lowest BCUT2D eigenvalue weighted by Gasteiger charge is -2.26. The van der Waals surface area contributed by atoms with Crippen LogP contribution in [0.1, 0.15) is 37.5 Å². The number of ether oxygens (including phenoxy) is 3. The number of hydrogen-bond donors (Lipinski definition) is 0. The fourth-order valence-electron chi connectivity index (χ4n) is 4.10. The minimum absolute atomic E-state index is 0.255. The second-order valence-electron chi connectivity index (χ2n) is 9.87. The van der Waals surface area contributed by atoms with Crippen LogP contribution in [0.25, 0.3) is 11.0 Å². The van der Waals surface area contributed by atoms with Crippen molar-refractivity contribution in [1.29, 1.82) is 0 Å². The Labute approximate surface area is 222 Å². The maximum Gasteiger partial charge on any atom is 0.420 e. The fraction of sp³-hybridized carbons (Fsp3) is 0.310. The summed E-state index contributed by atoms with van der Waals surface area (Å²) in [4.78, 5) is 20.0. The number of fused-ring (bicyclic) bond motifs is 1. The zero-order chi connectivity index (χ0) is 26.7. The summed E-state index contributed by atoms with van der Waals surface area (Å²) >= 11 is 6.48. The summed E-state index contributed by atoms with van der Waals surface area (Å²) < 4.78 is 17.6. The Kier molecular flexibility index (Phi) is 7.64. The van der Waals surface area contributed by atoms with E-state index >= 15 is 0 Å². The van der Waals surface area contributed by atoms with Gasteiger partial charge >= 0.3 is 6.09 Å². The van der Waals surface area contributed by atoms with E-state index < -0.39 is 11.7 Å². The zero-order valence-corrected chi connectivity index (χ0v) is 22.8. The highest BCUT2D eigenvalue weighted by molar-refractivity contribution is 6.32. The molecular weight excluding hydrogens is 490 g/mol. The van der Waals surface area contributed by atoms with Gasteiger partial charge in [-0.1, -0.05) is 35.9 Å². The third-order valence-corrected chi connectivity index (χ3v) is 6.12. The van der Waals surface area contributed by atoms with Gasteiger partial charge in [0.05, 0.1) is 25.3 Å². The minimum atomic E-state index is -0.646. The van der Waals surface area contributed by atoms with Gasteiger partial charge in [0.25, 0.3) is 0 Å². The first-order chi connectivity index (χ1) is 17.6. The van der Waals surface area contributed by atoms with Crippen LogP contribution in [0.4, 0.5) is 10.6 Å². The van der Waals surface area contributed by atoms with E-state index in [9.17, 15) is 4.79 Å². The number of rotatable bonds is 7. The van der Waals surface area contributed by atoms with Crippen LogP contribution in [0.2, 0.25) is 5.15 Å². The van der Waals surface area contributed by atoms with E-state index in [0.29, 0.717) is 24.1 Å². The van der Waals surface area contributed by atoms with Crippen molar-refractivity contribution in [2.75, 3.05) is 19.1 Å². The standard InChI is InChI=1S/C29H32ClN3O4/c1-19-15-25-24(16-26(30)33(25)28(34)37-29(2,3)4)31-27(19)32(17-20-7-11-22(35-5)12-8-20)18-21-9-13-23(36-6)14-10-21/h7-16H,17-18H2,1-6H3. The first-order valence-electron chi connectivity index (χ1n) is 12.0. The van der Waals surface area contributed by atoms with Crippen molar-refractivity contribution in [2.24, 2.45) is 0 Å². The van der Waals surface area contributed by atoms with Crippen molar-refractivity contribution < 1.29 is 19.0 Å². The van der Waals surface area contributed by atoms with Gasteiger partial charge < -0.3 is 19.1 Å². The maximum atomic E-state index is 12.9. The fourth-order valence-corrected chi connectivity index (χ4v) is 4.37. The van der Waals surface area contributed by atoms with Crippen molar-refractivity contribution in [3.63, 3.8) is 0 Å². The summed E-state index contributed by atoms with van der Waals surface area (Å²) in [5.41, 5.74) is 3.71. The van der Waals surface area contributed by atoms with Gasteiger partial charge in [0, 0.05) is 19.2 Å². The first kappa shape index (κ1) is 26.4. The number of carbonyl (C=O) groups excluding carboxylic acids is 1. The number of halogens is 1. The molecule has 0 aliphatic heterocycles. The van der Waals surface area contributed by atoms with Gasteiger partial charge in [0.15, 0.2) is 0 Å². The molecule has 0 unspecified atom stereocenters. The Hall–Kier alpha value is -3.71. The Morgan fingerprint density at radius 1 is 0.919 bits per heavy atom. The normalized spacial score (nSPS) is 11.4. The van der Waals surface area contributed by atoms with E-state index in [2.05, 4.69) is 4.90 Å². The monoisotopic (exact) mass is 521 g/mol. The highest BCUT2D eigenvalue weighted by Gasteiger charge is 2.24. The molecule has 0 amide bonds. The molecule has 0 saturated carbocycles. The highest BCUT2D eigenvalue weighted by atomic mass is 35.5. The highest BCUT2D eigenvalue weighted by Crippen LogP contribution is 2.31. The van der Waals surface area contributed by atoms with Crippen LogP contribution in [0.3, 0.4) is 0 Å². The number of pyridine rings is 1. The molecule has 0 N–H and O–H groups in total. The molecule has 194 valence electrons. The van der Waals surface area contributed by atoms with Crippen LogP contribution >= 0.6 is 11.6 Å². The van der Waals surface area contributed by atoms with Gasteiger partial charge in [0.2, 0.25) is 0 Å². The number of nitrogens with zero attached hydrogens (tertiary/aromatic N) is 3. The lowest BCUT2D eigenvalue weighted by molar-refractivity contribution is 0.0545. The summed E-state index contributed by atoms with van der Waals surface area (Å²) in [7, 11) is 3.31. The van der Waals surface area contributed by atoms with Crippen LogP contribution in [0, 0.1) is 6.92 Å². The molecule has 2 aromatic heterocycles. The predicted molar refractivity (Wildman–Crippen MR) is 147 cm³/mol. The summed E-state index contributed by atoms with van der Waals surface area (Å²) in [6.07, 6.45) is -0.533. The van der Waals surface area contributed by atoms with Crippen molar-refractivity contribution in [1.82, 2.24) is 9.55 Å². The first-order valence-corrected chi connectivity index (χ1v) is 12.4. The van der Waals surface area contributed by atoms with Crippen molar-refractivity contribution >= 4 is 34.5 Å². The summed E-state index contributed by atoms with van der Waals surface area (Å²) in [6, 6.07) is 19.6. The third-order valence-electron chi connectivity index (χ3n) is 5.85. The molecule has 0 atom stereocenters. The number of methoxy groups -OCH3 is 2. The van der Waals surface area contributed by atoms with E-state index in [1.54, 1.807) is 20.3 Å². The van der Waals surface area contributed by atoms with E-state index in [1.807, 2.05) is 82.3 Å². The number of hydrogen-bond acceptors (Lipinski definition) is 6. The minimum Gasteiger partial charge on any atom is -0.497 e. The lowest BCUT2D eigenvalue weighted by Crippen LogP contribution is -2.27. The average molecular weight is 522 g/mol. The van der Waals surface area contributed by atoms with Crippen LogP contribution in [0.15, 0.2) is 60.7 Å². The van der Waals surface area contributed by atoms with E-state index in [0.717, 1.165) is 34.0 Å². The van der Waals surface area contributed by atoms with Crippen LogP contribution in [0.5, 0.6) is 11.5 Å². The molecule has 2 aromatic carbocycles. The van der Waals surface area contributed by atoms with Gasteiger partial charge in [-0.05, 0) is 74.7 Å². The maximum absolute atomic E-state index is 12.9. The quantitative estimate of drug-likeness (QED) is 0.261. The van der Waals surface area contributed by atoms with Crippen LogP contribution in [-0.4, -0.2) is 35.5 Å². The van der Waals surface area contributed by atoms with Crippen molar-refractivity contribution in [3.05, 3.63) is 82.5 Å². The predicted octanol–water partition coefficient (Wildman–Crippen LogP) is 7.01. The molecule has 0 aliphatic carbocycles. The summed E-state index contributed by atoms with van der Waals surface area (Å²) in [5.74, 6) is 2.41. The number of aryl methyl sites for hydroxylation is 1. The number of benzene rings is 2. The molecule has 0 spiro atoms. The zero-order valence-electron chi connectivity index (χ0n) is 22.0. The Bertz CT molecular complexity index is 1340. The molecule has 37 heavy (non-hydrogen) atoms. The smallest absolute Gasteiger partial charge is 0.420 e. The van der Waals surface area contributed by atoms with Gasteiger partial charge in [-0.15, -0.1) is 0 Å². The van der Waals surface area contributed by atoms with Crippen LogP contribution in [-0.2, 0) is 17.8 Å². The third kappa shape index (κ3) is 6.17. The molecule has 8 heteroatoms. The van der Waals surface area contributed by atoms with E-state index in [1.165, 1.54) is 4.57 Å². The molecule has 7 nitrogen and oxygen atoms in total. The largest absolute Gasteiger partial charge is 0.497 e. The van der Waals surface area contributed by atoms with Crippen LogP contribution < -0.4 is 14.4 Å². The molecule has 0 bridgehead atoms. The molecule has 0 saturated heterocycles. The molecular formula is C29H32ClN3O4. The summed E-state index contributed by atoms with van der Waals surface area (Å²) in [6.45, 7) is 8.69. The number of carbonyl (C=O) groups is 1. The second-order valence-corrected chi connectivity index (χ2v) is 10.3. The SMILES string of the molecule is COc1ccc(CN(Cc2ccc(OC)cc2)c2nc3cc(Cl)n(C(=O)OC(C)(C)C)c3cc2C)cc1. The van der Waals surface area contributed by atoms with Gasteiger partial charge in [0.1, 0.15) is 28.1 Å². The van der Waals surface area contributed by atoms with Gasteiger partial charge in [-0.25, -0.2) is 14.3 Å². The molecule has 0 fully saturated rings. The number of aromatic nitrogens is 2. The molecule has 0 radical (unpaired) electrons. The number of anilines is 1. The topological polar surface area (TPSA) is 65.8 Å². The molecule has 4 rings (SSSR count). The van der Waals surface area contributed by atoms with Crippen molar-refractivity contribution in [3.8, 4) is 11.5 Å². The second kappa shape index (κ2) is 10.7. The van der Waals surface area contributed by atoms with Gasteiger partial charge in [-0.2, -0.15) is 0 Å². The van der Waals surface area contributed by atoms with E-state index in [4.69, 9.17) is 30.8 Å². The Morgan fingerprint density at radius 2 is 1.43 bits per heavy atom. The molecule has 0 aliphatic rings. The Balaban J connectivity index is 1.74.